The van der Waals surface area contributed by atoms with Crippen LogP contribution in [0, 0.1) is 11.6 Å². The lowest BCUT2D eigenvalue weighted by molar-refractivity contribution is 0.572. The summed E-state index contributed by atoms with van der Waals surface area (Å²) in [4.78, 5) is 17.2. The summed E-state index contributed by atoms with van der Waals surface area (Å²) in [6.45, 7) is 1.90. The molecular formula is C16H11ClF2N2OS. The first-order valence-electron chi connectivity index (χ1n) is 6.82. The molecule has 1 aromatic heterocycles. The van der Waals surface area contributed by atoms with Crippen molar-refractivity contribution in [2.75, 3.05) is 5.75 Å². The largest absolute Gasteiger partial charge is 0.268 e. The lowest BCUT2D eigenvalue weighted by Gasteiger charge is -2.13. The Morgan fingerprint density at radius 2 is 2.00 bits per heavy atom. The normalized spacial score (nSPS) is 11.1. The second kappa shape index (κ2) is 6.29. The number of hydrogen-bond donors (Lipinski definition) is 0. The maximum atomic E-state index is 14.2. The van der Waals surface area contributed by atoms with Crippen LogP contribution in [0.4, 0.5) is 8.78 Å². The van der Waals surface area contributed by atoms with Gasteiger partial charge in [0.05, 0.1) is 16.6 Å². The highest BCUT2D eigenvalue weighted by Gasteiger charge is 2.16. The Kier molecular flexibility index (Phi) is 4.37. The minimum atomic E-state index is -0.826. The summed E-state index contributed by atoms with van der Waals surface area (Å²) in [7, 11) is 0. The standard InChI is InChI=1S/C16H11ClF2N2OS/c1-2-23-16-20-13-5-3-9(17)7-11(13)15(22)21(16)14-6-4-10(18)8-12(14)19/h3-8H,2H2,1H3. The molecule has 0 saturated carbocycles. The van der Waals surface area contributed by atoms with E-state index in [-0.39, 0.29) is 11.1 Å². The van der Waals surface area contributed by atoms with E-state index in [1.165, 1.54) is 23.9 Å². The lowest BCUT2D eigenvalue weighted by atomic mass is 10.2. The van der Waals surface area contributed by atoms with Crippen LogP contribution >= 0.6 is 23.4 Å². The second-order valence-electron chi connectivity index (χ2n) is 4.73. The van der Waals surface area contributed by atoms with Crippen LogP contribution in [0.25, 0.3) is 16.6 Å². The van der Waals surface area contributed by atoms with E-state index in [4.69, 9.17) is 11.6 Å². The molecule has 0 atom stereocenters. The molecule has 0 aliphatic carbocycles. The number of thioether (sulfide) groups is 1. The van der Waals surface area contributed by atoms with Crippen LogP contribution in [0.2, 0.25) is 5.02 Å². The summed E-state index contributed by atoms with van der Waals surface area (Å²) in [6.07, 6.45) is 0. The second-order valence-corrected chi connectivity index (χ2v) is 6.39. The van der Waals surface area contributed by atoms with E-state index in [0.29, 0.717) is 21.4 Å². The molecule has 23 heavy (non-hydrogen) atoms. The van der Waals surface area contributed by atoms with E-state index >= 15 is 0 Å². The highest BCUT2D eigenvalue weighted by Crippen LogP contribution is 2.24. The Balaban J connectivity index is 2.39. The number of rotatable bonds is 3. The first-order valence-corrected chi connectivity index (χ1v) is 8.18. The summed E-state index contributed by atoms with van der Waals surface area (Å²) >= 11 is 7.24. The van der Waals surface area contributed by atoms with Crippen molar-refractivity contribution in [3.63, 3.8) is 0 Å². The highest BCUT2D eigenvalue weighted by molar-refractivity contribution is 7.99. The molecule has 0 aliphatic heterocycles. The molecule has 1 heterocycles. The van der Waals surface area contributed by atoms with E-state index in [1.54, 1.807) is 12.1 Å². The molecule has 3 nitrogen and oxygen atoms in total. The van der Waals surface area contributed by atoms with E-state index in [2.05, 4.69) is 4.98 Å². The van der Waals surface area contributed by atoms with Gasteiger partial charge in [-0.2, -0.15) is 0 Å². The minimum absolute atomic E-state index is 0.0401. The van der Waals surface area contributed by atoms with Gasteiger partial charge >= 0.3 is 0 Å². The van der Waals surface area contributed by atoms with Gasteiger partial charge in [-0.3, -0.25) is 9.36 Å². The zero-order valence-corrected chi connectivity index (χ0v) is 13.6. The summed E-state index contributed by atoms with van der Waals surface area (Å²) in [6, 6.07) is 7.84. The summed E-state index contributed by atoms with van der Waals surface area (Å²) in [5, 5.41) is 1.01. The van der Waals surface area contributed by atoms with Crippen LogP contribution in [0.1, 0.15) is 6.92 Å². The summed E-state index contributed by atoms with van der Waals surface area (Å²) < 4.78 is 28.5. The van der Waals surface area contributed by atoms with Crippen LogP contribution in [-0.2, 0) is 0 Å². The van der Waals surface area contributed by atoms with Gasteiger partial charge in [0.25, 0.3) is 5.56 Å². The average molecular weight is 353 g/mol. The van der Waals surface area contributed by atoms with Gasteiger partial charge in [0.2, 0.25) is 0 Å². The van der Waals surface area contributed by atoms with Gasteiger partial charge < -0.3 is 0 Å². The maximum Gasteiger partial charge on any atom is 0.266 e. The van der Waals surface area contributed by atoms with Gasteiger partial charge in [-0.1, -0.05) is 30.3 Å². The van der Waals surface area contributed by atoms with Gasteiger partial charge in [0.15, 0.2) is 5.16 Å². The topological polar surface area (TPSA) is 34.9 Å². The number of nitrogens with zero attached hydrogens (tertiary/aromatic N) is 2. The fraction of sp³-hybridized carbons (Fsp3) is 0.125. The molecule has 0 saturated heterocycles. The van der Waals surface area contributed by atoms with Crippen LogP contribution in [-0.4, -0.2) is 15.3 Å². The third-order valence-electron chi connectivity index (χ3n) is 3.22. The predicted molar refractivity (Wildman–Crippen MR) is 88.7 cm³/mol. The molecule has 7 heteroatoms. The Bertz CT molecular complexity index is 959. The van der Waals surface area contributed by atoms with Crippen LogP contribution < -0.4 is 5.56 Å². The Hall–Kier alpha value is -1.92. The van der Waals surface area contributed by atoms with E-state index < -0.39 is 17.2 Å². The highest BCUT2D eigenvalue weighted by atomic mass is 35.5. The summed E-state index contributed by atoms with van der Waals surface area (Å²) in [5.41, 5.74) is -0.00481. The zero-order chi connectivity index (χ0) is 16.6. The van der Waals surface area contributed by atoms with Crippen molar-refractivity contribution in [3.8, 4) is 5.69 Å². The predicted octanol–water partition coefficient (Wildman–Crippen LogP) is 4.43. The number of fused-ring (bicyclic) bond motifs is 1. The van der Waals surface area contributed by atoms with Crippen LogP contribution in [0.5, 0.6) is 0 Å². The Morgan fingerprint density at radius 1 is 1.22 bits per heavy atom. The number of aromatic nitrogens is 2. The first kappa shape index (κ1) is 16.0. The molecule has 0 fully saturated rings. The minimum Gasteiger partial charge on any atom is -0.268 e. The molecule has 0 unspecified atom stereocenters. The molecule has 3 aromatic rings. The number of hydrogen-bond acceptors (Lipinski definition) is 3. The number of benzene rings is 2. The van der Waals surface area contributed by atoms with E-state index in [1.807, 2.05) is 6.92 Å². The van der Waals surface area contributed by atoms with Gasteiger partial charge in [-0.05, 0) is 36.1 Å². The fourth-order valence-electron chi connectivity index (χ4n) is 2.24. The van der Waals surface area contributed by atoms with Gasteiger partial charge in [0.1, 0.15) is 11.6 Å². The van der Waals surface area contributed by atoms with Crippen molar-refractivity contribution in [1.82, 2.24) is 9.55 Å². The monoisotopic (exact) mass is 352 g/mol. The Morgan fingerprint density at radius 3 is 2.70 bits per heavy atom. The van der Waals surface area contributed by atoms with Gasteiger partial charge in [-0.15, -0.1) is 0 Å². The average Bonchev–Trinajstić information content (AvgIpc) is 2.50. The fourth-order valence-corrected chi connectivity index (χ4v) is 3.14. The maximum absolute atomic E-state index is 14.2. The lowest BCUT2D eigenvalue weighted by Crippen LogP contribution is -2.22. The Labute approximate surface area is 139 Å². The summed E-state index contributed by atoms with van der Waals surface area (Å²) in [5.74, 6) is -0.886. The van der Waals surface area contributed by atoms with Crippen molar-refractivity contribution < 1.29 is 8.78 Å². The van der Waals surface area contributed by atoms with Crippen molar-refractivity contribution >= 4 is 34.3 Å². The smallest absolute Gasteiger partial charge is 0.266 e. The van der Waals surface area contributed by atoms with Crippen LogP contribution in [0.3, 0.4) is 0 Å². The molecule has 0 radical (unpaired) electrons. The van der Waals surface area contributed by atoms with Crippen LogP contribution in [0.15, 0.2) is 46.3 Å². The zero-order valence-electron chi connectivity index (χ0n) is 12.0. The quantitative estimate of drug-likeness (QED) is 0.516. The molecule has 3 rings (SSSR count). The van der Waals surface area contributed by atoms with Crippen molar-refractivity contribution in [1.29, 1.82) is 0 Å². The molecule has 0 N–H and O–H groups in total. The molecule has 0 aliphatic rings. The molecule has 0 amide bonds. The first-order chi connectivity index (χ1) is 11.0. The molecule has 2 aromatic carbocycles. The third-order valence-corrected chi connectivity index (χ3v) is 4.28. The molecule has 0 spiro atoms. The third kappa shape index (κ3) is 2.96. The van der Waals surface area contributed by atoms with Crippen molar-refractivity contribution in [3.05, 3.63) is 63.4 Å². The molecular weight excluding hydrogens is 342 g/mol. The van der Waals surface area contributed by atoms with Gasteiger partial charge in [-0.25, -0.2) is 13.8 Å². The molecule has 0 bridgehead atoms. The van der Waals surface area contributed by atoms with Crippen molar-refractivity contribution in [2.45, 2.75) is 12.1 Å². The van der Waals surface area contributed by atoms with Crippen molar-refractivity contribution in [2.24, 2.45) is 0 Å². The van der Waals surface area contributed by atoms with E-state index in [9.17, 15) is 13.6 Å². The number of halogens is 3. The van der Waals surface area contributed by atoms with E-state index in [0.717, 1.165) is 16.7 Å². The molecule has 118 valence electrons. The van der Waals surface area contributed by atoms with Gasteiger partial charge in [0, 0.05) is 11.1 Å². The SMILES string of the molecule is CCSc1nc2ccc(Cl)cc2c(=O)n1-c1ccc(F)cc1F.